The van der Waals surface area contributed by atoms with Crippen LogP contribution >= 0.6 is 0 Å². The molecule has 0 spiro atoms. The Morgan fingerprint density at radius 1 is 1.15 bits per heavy atom. The van der Waals surface area contributed by atoms with E-state index in [0.717, 1.165) is 32.1 Å². The smallest absolute Gasteiger partial charge is 0.256 e. The lowest BCUT2D eigenvalue weighted by Crippen LogP contribution is -2.43. The minimum atomic E-state index is -0.866. The van der Waals surface area contributed by atoms with Crippen LogP contribution in [0, 0.1) is 11.3 Å². The van der Waals surface area contributed by atoms with Gasteiger partial charge in [-0.25, -0.2) is 0 Å². The van der Waals surface area contributed by atoms with Crippen LogP contribution in [0.15, 0.2) is 18.2 Å². The van der Waals surface area contributed by atoms with E-state index >= 15 is 0 Å². The zero-order valence-corrected chi connectivity index (χ0v) is 16.6. The van der Waals surface area contributed by atoms with Gasteiger partial charge in [-0.05, 0) is 44.4 Å². The number of unbranched alkanes of at least 4 members (excludes halogenated alkanes) is 2. The largest absolute Gasteiger partial charge is 0.492 e. The topological polar surface area (TPSA) is 71.3 Å². The van der Waals surface area contributed by atoms with E-state index in [9.17, 15) is 10.1 Å². The molecule has 5 nitrogen and oxygen atoms in total. The summed E-state index contributed by atoms with van der Waals surface area (Å²) in [4.78, 5) is 12.8. The summed E-state index contributed by atoms with van der Waals surface area (Å²) in [5.41, 5.74) is 0.130. The van der Waals surface area contributed by atoms with Gasteiger partial charge in [0.1, 0.15) is 17.4 Å². The molecule has 0 radical (unpaired) electrons. The molecule has 0 aliphatic heterocycles. The molecule has 0 saturated heterocycles. The predicted octanol–water partition coefficient (Wildman–Crippen LogP) is 5.05. The number of benzene rings is 1. The Balaban J connectivity index is 2.88. The summed E-state index contributed by atoms with van der Waals surface area (Å²) in [7, 11) is 0. The molecule has 1 amide bonds. The van der Waals surface area contributed by atoms with Crippen molar-refractivity contribution in [3.63, 3.8) is 0 Å². The second-order valence-corrected chi connectivity index (χ2v) is 6.66. The molecule has 0 bridgehead atoms. The van der Waals surface area contributed by atoms with Gasteiger partial charge in [-0.1, -0.05) is 40.0 Å². The summed E-state index contributed by atoms with van der Waals surface area (Å²) in [6.07, 6.45) is 5.51. The van der Waals surface area contributed by atoms with Crippen LogP contribution in [0.2, 0.25) is 0 Å². The SMILES string of the molecule is CCCCCC(C)(OCCC)C(=O)Nc1ccc(OCCC)c(C#N)c1. The predicted molar refractivity (Wildman–Crippen MR) is 104 cm³/mol. The van der Waals surface area contributed by atoms with Crippen molar-refractivity contribution in [2.75, 3.05) is 18.5 Å². The van der Waals surface area contributed by atoms with Gasteiger partial charge in [0.05, 0.1) is 12.2 Å². The number of nitriles is 1. The third-order valence-electron chi connectivity index (χ3n) is 4.18. The van der Waals surface area contributed by atoms with Crippen LogP contribution in [0.25, 0.3) is 0 Å². The Labute approximate surface area is 157 Å². The highest BCUT2D eigenvalue weighted by atomic mass is 16.5. The van der Waals surface area contributed by atoms with Crippen molar-refractivity contribution in [2.24, 2.45) is 0 Å². The molecule has 1 rings (SSSR count). The van der Waals surface area contributed by atoms with Crippen LogP contribution in [0.5, 0.6) is 5.75 Å². The molecule has 0 aliphatic rings. The summed E-state index contributed by atoms with van der Waals surface area (Å²) in [5.74, 6) is 0.369. The monoisotopic (exact) mass is 360 g/mol. The van der Waals surface area contributed by atoms with Crippen molar-refractivity contribution < 1.29 is 14.3 Å². The van der Waals surface area contributed by atoms with Gasteiger partial charge in [0.25, 0.3) is 5.91 Å². The van der Waals surface area contributed by atoms with Crippen LogP contribution in [0.4, 0.5) is 5.69 Å². The first-order valence-electron chi connectivity index (χ1n) is 9.63. The van der Waals surface area contributed by atoms with Crippen LogP contribution in [-0.4, -0.2) is 24.7 Å². The first-order chi connectivity index (χ1) is 12.5. The Hall–Kier alpha value is -2.06. The van der Waals surface area contributed by atoms with E-state index in [1.807, 2.05) is 20.8 Å². The maximum atomic E-state index is 12.8. The molecule has 26 heavy (non-hydrogen) atoms. The number of ether oxygens (including phenoxy) is 2. The molecule has 1 atom stereocenters. The minimum absolute atomic E-state index is 0.173. The average Bonchev–Trinajstić information content (AvgIpc) is 2.65. The molecule has 144 valence electrons. The minimum Gasteiger partial charge on any atom is -0.492 e. The first-order valence-corrected chi connectivity index (χ1v) is 9.63. The van der Waals surface area contributed by atoms with Gasteiger partial charge in [0, 0.05) is 12.3 Å². The number of anilines is 1. The molecule has 5 heteroatoms. The van der Waals surface area contributed by atoms with E-state index < -0.39 is 5.60 Å². The van der Waals surface area contributed by atoms with Crippen molar-refractivity contribution in [3.05, 3.63) is 23.8 Å². The van der Waals surface area contributed by atoms with Gasteiger partial charge in [-0.3, -0.25) is 4.79 Å². The highest BCUT2D eigenvalue weighted by Crippen LogP contribution is 2.26. The van der Waals surface area contributed by atoms with Gasteiger partial charge in [-0.15, -0.1) is 0 Å². The van der Waals surface area contributed by atoms with Gasteiger partial charge in [0.15, 0.2) is 0 Å². The molecule has 1 unspecified atom stereocenters. The number of nitrogens with one attached hydrogen (secondary N) is 1. The van der Waals surface area contributed by atoms with E-state index in [4.69, 9.17) is 9.47 Å². The van der Waals surface area contributed by atoms with E-state index in [-0.39, 0.29) is 5.91 Å². The quantitative estimate of drug-likeness (QED) is 0.529. The van der Waals surface area contributed by atoms with Gasteiger partial charge in [-0.2, -0.15) is 5.26 Å². The van der Waals surface area contributed by atoms with Crippen LogP contribution < -0.4 is 10.1 Å². The fraction of sp³-hybridized carbons (Fsp3) is 0.619. The summed E-state index contributed by atoms with van der Waals surface area (Å²) in [6, 6.07) is 7.26. The molecular formula is C21H32N2O3. The summed E-state index contributed by atoms with van der Waals surface area (Å²) >= 11 is 0. The third kappa shape index (κ3) is 6.68. The summed E-state index contributed by atoms with van der Waals surface area (Å²) in [5, 5.41) is 12.2. The number of nitrogens with zero attached hydrogens (tertiary/aromatic N) is 1. The Bertz CT molecular complexity index is 610. The van der Waals surface area contributed by atoms with Crippen molar-refractivity contribution in [1.82, 2.24) is 0 Å². The lowest BCUT2D eigenvalue weighted by atomic mass is 9.96. The van der Waals surface area contributed by atoms with E-state index in [1.165, 1.54) is 0 Å². The molecule has 0 aromatic heterocycles. The molecule has 0 heterocycles. The van der Waals surface area contributed by atoms with E-state index in [2.05, 4.69) is 18.3 Å². The van der Waals surface area contributed by atoms with Gasteiger partial charge in [0.2, 0.25) is 0 Å². The highest BCUT2D eigenvalue weighted by Gasteiger charge is 2.33. The third-order valence-corrected chi connectivity index (χ3v) is 4.18. The maximum Gasteiger partial charge on any atom is 0.256 e. The Kier molecular flexibility index (Phi) is 9.75. The molecule has 0 saturated carbocycles. The standard InChI is InChI=1S/C21H32N2O3/c1-5-8-9-12-21(4,26-14-7-3)20(24)23-18-10-11-19(25-13-6-2)17(15-18)16-22/h10-11,15H,5-9,12-14H2,1-4H3,(H,23,24). The number of amides is 1. The van der Waals surface area contributed by atoms with Crippen molar-refractivity contribution in [2.45, 2.75) is 71.8 Å². The van der Waals surface area contributed by atoms with E-state index in [1.54, 1.807) is 18.2 Å². The zero-order valence-electron chi connectivity index (χ0n) is 16.6. The number of hydrogen-bond acceptors (Lipinski definition) is 4. The molecule has 1 aromatic carbocycles. The molecule has 0 fully saturated rings. The van der Waals surface area contributed by atoms with Crippen LogP contribution in [-0.2, 0) is 9.53 Å². The molecule has 0 aliphatic carbocycles. The first kappa shape index (κ1) is 22.0. The van der Waals surface area contributed by atoms with Gasteiger partial charge >= 0.3 is 0 Å². The fourth-order valence-electron chi connectivity index (χ4n) is 2.59. The number of carbonyl (C=O) groups is 1. The van der Waals surface area contributed by atoms with Gasteiger partial charge < -0.3 is 14.8 Å². The number of hydrogen-bond donors (Lipinski definition) is 1. The highest BCUT2D eigenvalue weighted by molar-refractivity contribution is 5.97. The van der Waals surface area contributed by atoms with E-state index in [0.29, 0.717) is 36.6 Å². The number of rotatable bonds is 12. The second-order valence-electron chi connectivity index (χ2n) is 6.66. The van der Waals surface area contributed by atoms with Crippen molar-refractivity contribution in [3.8, 4) is 11.8 Å². The average molecular weight is 360 g/mol. The normalized spacial score (nSPS) is 12.9. The Morgan fingerprint density at radius 2 is 1.88 bits per heavy atom. The zero-order chi connectivity index (χ0) is 19.4. The molecule has 1 N–H and O–H groups in total. The fourth-order valence-corrected chi connectivity index (χ4v) is 2.59. The van der Waals surface area contributed by atoms with Crippen LogP contribution in [0.3, 0.4) is 0 Å². The maximum absolute atomic E-state index is 12.8. The molecular weight excluding hydrogens is 328 g/mol. The van der Waals surface area contributed by atoms with Crippen molar-refractivity contribution >= 4 is 11.6 Å². The van der Waals surface area contributed by atoms with Crippen molar-refractivity contribution in [1.29, 1.82) is 5.26 Å². The Morgan fingerprint density at radius 3 is 2.50 bits per heavy atom. The molecule has 1 aromatic rings. The lowest BCUT2D eigenvalue weighted by molar-refractivity contribution is -0.140. The summed E-state index contributed by atoms with van der Waals surface area (Å²) in [6.45, 7) is 9.12. The number of carbonyl (C=O) groups excluding carboxylic acids is 1. The van der Waals surface area contributed by atoms with Crippen LogP contribution in [0.1, 0.15) is 71.8 Å². The second kappa shape index (κ2) is 11.5. The summed E-state index contributed by atoms with van der Waals surface area (Å²) < 4.78 is 11.5. The lowest BCUT2D eigenvalue weighted by Gasteiger charge is -2.29.